The van der Waals surface area contributed by atoms with Gasteiger partial charge >= 0.3 is 6.36 Å². The van der Waals surface area contributed by atoms with Gasteiger partial charge in [0.15, 0.2) is 0 Å². The number of rotatable bonds is 3. The van der Waals surface area contributed by atoms with Gasteiger partial charge in [-0.05, 0) is 19.1 Å². The Morgan fingerprint density at radius 3 is 2.60 bits per heavy atom. The standard InChI is InChI=1S/C10H11F3NO/c1-3-14(2)8-5-4-6-9(7-8)15-10(11,12)13/h4-7H,1,3H2,2H3. The fourth-order valence-electron chi connectivity index (χ4n) is 1.05. The molecule has 0 heterocycles. The minimum atomic E-state index is -4.65. The summed E-state index contributed by atoms with van der Waals surface area (Å²) < 4.78 is 39.5. The quantitative estimate of drug-likeness (QED) is 0.773. The third kappa shape index (κ3) is 3.69. The highest BCUT2D eigenvalue weighted by Gasteiger charge is 2.31. The van der Waals surface area contributed by atoms with Crippen LogP contribution in [0.15, 0.2) is 24.3 Å². The Morgan fingerprint density at radius 2 is 2.07 bits per heavy atom. The van der Waals surface area contributed by atoms with Crippen molar-refractivity contribution in [2.24, 2.45) is 0 Å². The maximum atomic E-state index is 11.9. The van der Waals surface area contributed by atoms with Gasteiger partial charge in [-0.25, -0.2) is 0 Å². The molecule has 0 aliphatic rings. The first kappa shape index (κ1) is 11.7. The Morgan fingerprint density at radius 1 is 1.40 bits per heavy atom. The molecule has 15 heavy (non-hydrogen) atoms. The molecule has 0 spiro atoms. The summed E-state index contributed by atoms with van der Waals surface area (Å²) in [6.45, 7) is 4.10. The summed E-state index contributed by atoms with van der Waals surface area (Å²) >= 11 is 0. The van der Waals surface area contributed by atoms with Crippen molar-refractivity contribution in [1.29, 1.82) is 0 Å². The number of alkyl halides is 3. The second-order valence-electron chi connectivity index (χ2n) is 2.97. The largest absolute Gasteiger partial charge is 0.573 e. The van der Waals surface area contributed by atoms with Crippen LogP contribution in [0.5, 0.6) is 5.75 Å². The van der Waals surface area contributed by atoms with Crippen molar-refractivity contribution in [2.45, 2.75) is 6.36 Å². The van der Waals surface area contributed by atoms with Gasteiger partial charge in [0.25, 0.3) is 0 Å². The summed E-state index contributed by atoms with van der Waals surface area (Å²) in [4.78, 5) is 1.71. The molecule has 1 rings (SSSR count). The van der Waals surface area contributed by atoms with Crippen LogP contribution >= 0.6 is 0 Å². The predicted molar refractivity (Wildman–Crippen MR) is 51.8 cm³/mol. The summed E-state index contributed by atoms with van der Waals surface area (Å²) in [6, 6.07) is 5.77. The zero-order chi connectivity index (χ0) is 11.5. The Kier molecular flexibility index (Phi) is 3.44. The Hall–Kier alpha value is -1.39. The molecule has 0 amide bonds. The molecule has 0 aliphatic heterocycles. The molecular weight excluding hydrogens is 207 g/mol. The number of hydrogen-bond donors (Lipinski definition) is 0. The molecule has 0 atom stereocenters. The molecule has 0 bridgehead atoms. The number of anilines is 1. The smallest absolute Gasteiger partial charge is 0.406 e. The first-order valence-electron chi connectivity index (χ1n) is 4.28. The third-order valence-electron chi connectivity index (χ3n) is 1.83. The molecule has 0 saturated heterocycles. The van der Waals surface area contributed by atoms with Gasteiger partial charge in [0.05, 0.1) is 0 Å². The summed E-state index contributed by atoms with van der Waals surface area (Å²) in [5, 5.41) is 0. The number of hydrogen-bond acceptors (Lipinski definition) is 2. The maximum absolute atomic E-state index is 11.9. The predicted octanol–water partition coefficient (Wildman–Crippen LogP) is 2.86. The lowest BCUT2D eigenvalue weighted by atomic mass is 10.3. The average molecular weight is 218 g/mol. The lowest BCUT2D eigenvalue weighted by Crippen LogP contribution is -2.18. The Bertz CT molecular complexity index is 325. The van der Waals surface area contributed by atoms with E-state index in [4.69, 9.17) is 0 Å². The monoisotopic (exact) mass is 218 g/mol. The molecule has 83 valence electrons. The highest BCUT2D eigenvalue weighted by molar-refractivity contribution is 5.50. The van der Waals surface area contributed by atoms with Gasteiger partial charge in [0.1, 0.15) is 5.75 Å². The summed E-state index contributed by atoms with van der Waals surface area (Å²) in [5.74, 6) is -0.222. The van der Waals surface area contributed by atoms with Crippen LogP contribution < -0.4 is 9.64 Å². The van der Waals surface area contributed by atoms with Crippen molar-refractivity contribution in [3.8, 4) is 5.75 Å². The minimum Gasteiger partial charge on any atom is -0.406 e. The zero-order valence-corrected chi connectivity index (χ0v) is 8.21. The molecule has 0 fully saturated rings. The number of ether oxygens (including phenoxy) is 1. The van der Waals surface area contributed by atoms with Crippen LogP contribution in [0, 0.1) is 6.92 Å². The normalized spacial score (nSPS) is 11.3. The van der Waals surface area contributed by atoms with E-state index >= 15 is 0 Å². The van der Waals surface area contributed by atoms with Gasteiger partial charge < -0.3 is 9.64 Å². The van der Waals surface area contributed by atoms with Crippen LogP contribution in [0.1, 0.15) is 0 Å². The van der Waals surface area contributed by atoms with E-state index in [1.807, 2.05) is 0 Å². The molecule has 1 aromatic carbocycles. The van der Waals surface area contributed by atoms with E-state index in [-0.39, 0.29) is 5.75 Å². The van der Waals surface area contributed by atoms with E-state index < -0.39 is 6.36 Å². The lowest BCUT2D eigenvalue weighted by molar-refractivity contribution is -0.274. The van der Waals surface area contributed by atoms with Crippen LogP contribution in [0.25, 0.3) is 0 Å². The summed E-state index contributed by atoms with van der Waals surface area (Å²) in [5.41, 5.74) is 0.631. The molecule has 1 aromatic rings. The molecule has 0 aliphatic carbocycles. The number of halogens is 3. The van der Waals surface area contributed by atoms with Crippen molar-refractivity contribution in [3.63, 3.8) is 0 Å². The summed E-state index contributed by atoms with van der Waals surface area (Å²) in [6.07, 6.45) is -4.65. The van der Waals surface area contributed by atoms with E-state index in [1.54, 1.807) is 18.0 Å². The third-order valence-corrected chi connectivity index (χ3v) is 1.83. The van der Waals surface area contributed by atoms with Crippen molar-refractivity contribution in [3.05, 3.63) is 31.2 Å². The van der Waals surface area contributed by atoms with E-state index in [9.17, 15) is 13.2 Å². The minimum absolute atomic E-state index is 0.222. The second-order valence-corrected chi connectivity index (χ2v) is 2.97. The van der Waals surface area contributed by atoms with Crippen LogP contribution in [-0.4, -0.2) is 20.0 Å². The molecule has 1 radical (unpaired) electrons. The molecule has 0 saturated carbocycles. The van der Waals surface area contributed by atoms with E-state index in [0.717, 1.165) is 0 Å². The van der Waals surface area contributed by atoms with Crippen molar-refractivity contribution in [1.82, 2.24) is 0 Å². The number of nitrogens with zero attached hydrogens (tertiary/aromatic N) is 1. The topological polar surface area (TPSA) is 12.5 Å². The molecule has 2 nitrogen and oxygen atoms in total. The van der Waals surface area contributed by atoms with E-state index in [2.05, 4.69) is 11.7 Å². The van der Waals surface area contributed by atoms with E-state index in [0.29, 0.717) is 12.2 Å². The van der Waals surface area contributed by atoms with E-state index in [1.165, 1.54) is 18.2 Å². The first-order valence-corrected chi connectivity index (χ1v) is 4.28. The molecule has 0 N–H and O–H groups in total. The van der Waals surface area contributed by atoms with Crippen molar-refractivity contribution >= 4 is 5.69 Å². The van der Waals surface area contributed by atoms with Crippen LogP contribution in [-0.2, 0) is 0 Å². The fraction of sp³-hybridized carbons (Fsp3) is 0.300. The van der Waals surface area contributed by atoms with Gasteiger partial charge in [0.2, 0.25) is 0 Å². The maximum Gasteiger partial charge on any atom is 0.573 e. The molecule has 5 heteroatoms. The van der Waals surface area contributed by atoms with Crippen LogP contribution in [0.2, 0.25) is 0 Å². The first-order chi connectivity index (χ1) is 6.92. The van der Waals surface area contributed by atoms with Gasteiger partial charge in [-0.1, -0.05) is 6.07 Å². The highest BCUT2D eigenvalue weighted by atomic mass is 19.4. The molecule has 0 aromatic heterocycles. The summed E-state index contributed by atoms with van der Waals surface area (Å²) in [7, 11) is 1.74. The van der Waals surface area contributed by atoms with Crippen LogP contribution in [0.3, 0.4) is 0 Å². The SMILES string of the molecule is [CH2]CN(C)c1cccc(OC(F)(F)F)c1. The lowest BCUT2D eigenvalue weighted by Gasteiger charge is -2.17. The van der Waals surface area contributed by atoms with Gasteiger partial charge in [-0.3, -0.25) is 0 Å². The Balaban J connectivity index is 2.83. The van der Waals surface area contributed by atoms with Crippen molar-refractivity contribution in [2.75, 3.05) is 18.5 Å². The fourth-order valence-corrected chi connectivity index (χ4v) is 1.05. The van der Waals surface area contributed by atoms with Crippen LogP contribution in [0.4, 0.5) is 18.9 Å². The second kappa shape index (κ2) is 4.42. The Labute approximate surface area is 86.3 Å². The number of benzene rings is 1. The van der Waals surface area contributed by atoms with Gasteiger partial charge in [-0.2, -0.15) is 0 Å². The van der Waals surface area contributed by atoms with Gasteiger partial charge in [0, 0.05) is 25.3 Å². The molecular formula is C10H11F3NO. The van der Waals surface area contributed by atoms with Crippen molar-refractivity contribution < 1.29 is 17.9 Å². The molecule has 0 unspecified atom stereocenters. The zero-order valence-electron chi connectivity index (χ0n) is 8.21. The van der Waals surface area contributed by atoms with Gasteiger partial charge in [-0.15, -0.1) is 13.2 Å². The average Bonchev–Trinajstić information content (AvgIpc) is 2.14. The highest BCUT2D eigenvalue weighted by Crippen LogP contribution is 2.26.